The van der Waals surface area contributed by atoms with E-state index in [1.165, 1.54) is 42.5 Å². The van der Waals surface area contributed by atoms with E-state index in [1.54, 1.807) is 7.11 Å². The van der Waals surface area contributed by atoms with E-state index in [0.29, 0.717) is 12.6 Å². The number of aromatic nitrogens is 2. The van der Waals surface area contributed by atoms with Gasteiger partial charge in [-0.1, -0.05) is 6.42 Å². The first-order valence-electron chi connectivity index (χ1n) is 8.37. The third-order valence-corrected chi connectivity index (χ3v) is 4.83. The highest BCUT2D eigenvalue weighted by Gasteiger charge is 2.16. The summed E-state index contributed by atoms with van der Waals surface area (Å²) in [6.45, 7) is 7.07. The number of fused-ring (bicyclic) bond motifs is 1. The average molecular weight is 301 g/mol. The molecular weight excluding hydrogens is 274 g/mol. The van der Waals surface area contributed by atoms with E-state index >= 15 is 0 Å². The molecule has 1 saturated heterocycles. The highest BCUT2D eigenvalue weighted by atomic mass is 16.5. The normalized spacial score (nSPS) is 19.0. The van der Waals surface area contributed by atoms with Crippen LogP contribution in [-0.2, 0) is 17.9 Å². The number of nitrogens with zero attached hydrogens (tertiary/aromatic N) is 2. The number of piperidine rings is 1. The van der Waals surface area contributed by atoms with Gasteiger partial charge in [-0.3, -0.25) is 0 Å². The molecule has 0 aliphatic carbocycles. The molecule has 1 fully saturated rings. The first kappa shape index (κ1) is 15.5. The second-order valence-electron chi connectivity index (χ2n) is 6.47. The Bertz CT molecular complexity index is 641. The first-order chi connectivity index (χ1) is 10.7. The van der Waals surface area contributed by atoms with Crippen LogP contribution in [0.25, 0.3) is 11.0 Å². The van der Waals surface area contributed by atoms with Crippen LogP contribution in [0.2, 0.25) is 0 Å². The van der Waals surface area contributed by atoms with Crippen molar-refractivity contribution in [2.24, 2.45) is 0 Å². The molecular formula is C18H27N3O. The molecule has 1 aromatic heterocycles. The lowest BCUT2D eigenvalue weighted by atomic mass is 10.0. The van der Waals surface area contributed by atoms with Crippen LogP contribution < -0.4 is 5.32 Å². The zero-order chi connectivity index (χ0) is 15.5. The van der Waals surface area contributed by atoms with Crippen LogP contribution in [-0.4, -0.2) is 29.2 Å². The van der Waals surface area contributed by atoms with E-state index in [9.17, 15) is 0 Å². The van der Waals surface area contributed by atoms with E-state index in [4.69, 9.17) is 9.72 Å². The summed E-state index contributed by atoms with van der Waals surface area (Å²) in [5, 5.41) is 3.64. The van der Waals surface area contributed by atoms with Gasteiger partial charge < -0.3 is 14.6 Å². The summed E-state index contributed by atoms with van der Waals surface area (Å²) < 4.78 is 7.70. The SMILES string of the molecule is COCc1nc2cc(C)c(C)cc2n1CCC1CCCCN1. The molecule has 1 aliphatic heterocycles. The molecule has 4 heteroatoms. The molecule has 3 rings (SSSR count). The number of hydrogen-bond acceptors (Lipinski definition) is 3. The Hall–Kier alpha value is -1.39. The molecule has 1 aromatic carbocycles. The Kier molecular flexibility index (Phi) is 4.79. The third-order valence-electron chi connectivity index (χ3n) is 4.83. The summed E-state index contributed by atoms with van der Waals surface area (Å²) in [7, 11) is 1.74. The van der Waals surface area contributed by atoms with Crippen molar-refractivity contribution in [2.75, 3.05) is 13.7 Å². The predicted molar refractivity (Wildman–Crippen MR) is 90.2 cm³/mol. The molecule has 1 N–H and O–H groups in total. The highest BCUT2D eigenvalue weighted by molar-refractivity contribution is 5.78. The standard InChI is InChI=1S/C18H27N3O/c1-13-10-16-17(11-14(13)2)21(18(20-16)12-22-3)9-7-15-6-4-5-8-19-15/h10-11,15,19H,4-9,12H2,1-3H3. The average Bonchev–Trinajstić information content (AvgIpc) is 2.84. The smallest absolute Gasteiger partial charge is 0.135 e. The quantitative estimate of drug-likeness (QED) is 0.920. The van der Waals surface area contributed by atoms with E-state index < -0.39 is 0 Å². The van der Waals surface area contributed by atoms with Crippen molar-refractivity contribution >= 4 is 11.0 Å². The van der Waals surface area contributed by atoms with Gasteiger partial charge in [0.25, 0.3) is 0 Å². The van der Waals surface area contributed by atoms with Gasteiger partial charge in [-0.25, -0.2) is 4.98 Å². The number of benzene rings is 1. The van der Waals surface area contributed by atoms with Crippen molar-refractivity contribution in [1.29, 1.82) is 0 Å². The van der Waals surface area contributed by atoms with Crippen LogP contribution >= 0.6 is 0 Å². The van der Waals surface area contributed by atoms with Gasteiger partial charge >= 0.3 is 0 Å². The Morgan fingerprint density at radius 1 is 1.27 bits per heavy atom. The second kappa shape index (κ2) is 6.80. The summed E-state index contributed by atoms with van der Waals surface area (Å²) in [4.78, 5) is 4.79. The lowest BCUT2D eigenvalue weighted by Gasteiger charge is -2.24. The van der Waals surface area contributed by atoms with E-state index in [2.05, 4.69) is 35.9 Å². The van der Waals surface area contributed by atoms with Crippen molar-refractivity contribution < 1.29 is 4.74 Å². The van der Waals surface area contributed by atoms with Gasteiger partial charge in [0.15, 0.2) is 0 Å². The number of aryl methyl sites for hydroxylation is 3. The summed E-state index contributed by atoms with van der Waals surface area (Å²) in [6, 6.07) is 5.11. The van der Waals surface area contributed by atoms with Crippen LogP contribution in [0.5, 0.6) is 0 Å². The monoisotopic (exact) mass is 301 g/mol. The summed E-state index contributed by atoms with van der Waals surface area (Å²) in [5.74, 6) is 1.04. The summed E-state index contributed by atoms with van der Waals surface area (Å²) in [6.07, 6.45) is 5.13. The third kappa shape index (κ3) is 3.18. The molecule has 0 bridgehead atoms. The summed E-state index contributed by atoms with van der Waals surface area (Å²) >= 11 is 0. The maximum absolute atomic E-state index is 5.35. The first-order valence-corrected chi connectivity index (χ1v) is 8.37. The van der Waals surface area contributed by atoms with Crippen molar-refractivity contribution in [1.82, 2.24) is 14.9 Å². The van der Waals surface area contributed by atoms with E-state index in [0.717, 1.165) is 24.3 Å². The van der Waals surface area contributed by atoms with Gasteiger partial charge in [-0.05, 0) is 62.9 Å². The molecule has 4 nitrogen and oxygen atoms in total. The minimum atomic E-state index is 0.574. The van der Waals surface area contributed by atoms with E-state index in [1.807, 2.05) is 0 Å². The number of hydrogen-bond donors (Lipinski definition) is 1. The molecule has 0 amide bonds. The Morgan fingerprint density at radius 3 is 2.82 bits per heavy atom. The van der Waals surface area contributed by atoms with Gasteiger partial charge in [0.1, 0.15) is 12.4 Å². The molecule has 0 saturated carbocycles. The Labute approximate surface area is 132 Å². The minimum Gasteiger partial charge on any atom is -0.377 e. The Morgan fingerprint density at radius 2 is 2.09 bits per heavy atom. The number of methoxy groups -OCH3 is 1. The molecule has 0 spiro atoms. The molecule has 2 heterocycles. The van der Waals surface area contributed by atoms with Crippen LogP contribution in [0, 0.1) is 13.8 Å². The molecule has 1 atom stereocenters. The number of nitrogens with one attached hydrogen (secondary N) is 1. The Balaban J connectivity index is 1.87. The predicted octanol–water partition coefficient (Wildman–Crippen LogP) is 3.33. The fourth-order valence-electron chi connectivity index (χ4n) is 3.37. The van der Waals surface area contributed by atoms with Crippen LogP contribution in [0.3, 0.4) is 0 Å². The maximum atomic E-state index is 5.35. The minimum absolute atomic E-state index is 0.574. The van der Waals surface area contributed by atoms with Crippen LogP contribution in [0.1, 0.15) is 42.6 Å². The molecule has 0 radical (unpaired) electrons. The van der Waals surface area contributed by atoms with Crippen molar-refractivity contribution in [3.05, 3.63) is 29.1 Å². The van der Waals surface area contributed by atoms with Gasteiger partial charge in [0.05, 0.1) is 11.0 Å². The number of rotatable bonds is 5. The fourth-order valence-corrected chi connectivity index (χ4v) is 3.37. The number of imidazole rings is 1. The van der Waals surface area contributed by atoms with Crippen LogP contribution in [0.15, 0.2) is 12.1 Å². The zero-order valence-electron chi connectivity index (χ0n) is 14.0. The van der Waals surface area contributed by atoms with Gasteiger partial charge in [0, 0.05) is 19.7 Å². The maximum Gasteiger partial charge on any atom is 0.135 e. The topological polar surface area (TPSA) is 39.1 Å². The van der Waals surface area contributed by atoms with E-state index in [-0.39, 0.29) is 0 Å². The van der Waals surface area contributed by atoms with Gasteiger partial charge in [0.2, 0.25) is 0 Å². The molecule has 1 aliphatic rings. The fraction of sp³-hybridized carbons (Fsp3) is 0.611. The molecule has 1 unspecified atom stereocenters. The van der Waals surface area contributed by atoms with Gasteiger partial charge in [-0.15, -0.1) is 0 Å². The number of ether oxygens (including phenoxy) is 1. The molecule has 2 aromatic rings. The largest absolute Gasteiger partial charge is 0.377 e. The molecule has 22 heavy (non-hydrogen) atoms. The van der Waals surface area contributed by atoms with Crippen molar-refractivity contribution in [3.63, 3.8) is 0 Å². The van der Waals surface area contributed by atoms with Crippen molar-refractivity contribution in [3.8, 4) is 0 Å². The highest BCUT2D eigenvalue weighted by Crippen LogP contribution is 2.22. The van der Waals surface area contributed by atoms with Gasteiger partial charge in [-0.2, -0.15) is 0 Å². The zero-order valence-corrected chi connectivity index (χ0v) is 14.0. The summed E-state index contributed by atoms with van der Waals surface area (Å²) in [5.41, 5.74) is 4.96. The van der Waals surface area contributed by atoms with Crippen molar-refractivity contribution in [2.45, 2.75) is 58.7 Å². The lowest BCUT2D eigenvalue weighted by molar-refractivity contribution is 0.174. The lowest BCUT2D eigenvalue weighted by Crippen LogP contribution is -2.34. The second-order valence-corrected chi connectivity index (χ2v) is 6.47. The van der Waals surface area contributed by atoms with Crippen LogP contribution in [0.4, 0.5) is 0 Å². The molecule has 120 valence electrons.